The number of hydrogen-bond acceptors (Lipinski definition) is 10. The average Bonchev–Trinajstić information content (AvgIpc) is 3.42. The zero-order chi connectivity index (χ0) is 28.0. The number of aryl methyl sites for hydroxylation is 1. The van der Waals surface area contributed by atoms with Gasteiger partial charge >= 0.3 is 5.97 Å². The molecular weight excluding hydrogens is 502 g/mol. The third-order valence-corrected chi connectivity index (χ3v) is 6.20. The van der Waals surface area contributed by atoms with E-state index in [9.17, 15) is 19.7 Å². The van der Waals surface area contributed by atoms with E-state index in [1.54, 1.807) is 49.5 Å². The van der Waals surface area contributed by atoms with Crippen molar-refractivity contribution in [1.29, 1.82) is 0 Å². The quantitative estimate of drug-likeness (QED) is 0.213. The number of nitro groups is 1. The average molecular weight is 530 g/mol. The molecule has 3 heterocycles. The molecule has 1 atom stereocenters. The van der Waals surface area contributed by atoms with Crippen LogP contribution in [0, 0.1) is 10.1 Å². The standard InChI is InChI=1S/C27H27N7O5/c1-3-20-22(25(36)39-4-2)23(17-6-8-18(9-7-17)24(28)35)33-26(32-20)29-15-13-27(12-5-14-31-27)21-11-10-19(16-30-21)34(37)38/h5-12,14,16H,3-4,13,15H2,1-2H3,(H2,28,35)(H,29,32,33). The molecule has 12 nitrogen and oxygen atoms in total. The number of nitrogens with zero attached hydrogens (tertiary/aromatic N) is 5. The van der Waals surface area contributed by atoms with Crippen molar-refractivity contribution in [2.45, 2.75) is 32.2 Å². The van der Waals surface area contributed by atoms with E-state index in [-0.39, 0.29) is 17.9 Å². The molecule has 1 aliphatic heterocycles. The Hall–Kier alpha value is -5.00. The van der Waals surface area contributed by atoms with Crippen LogP contribution in [-0.2, 0) is 16.7 Å². The van der Waals surface area contributed by atoms with Crippen LogP contribution >= 0.6 is 0 Å². The highest BCUT2D eigenvalue weighted by atomic mass is 16.6. The van der Waals surface area contributed by atoms with Crippen LogP contribution in [0.15, 0.2) is 59.7 Å². The lowest BCUT2D eigenvalue weighted by Gasteiger charge is -2.24. The van der Waals surface area contributed by atoms with Gasteiger partial charge in [0.15, 0.2) is 0 Å². The summed E-state index contributed by atoms with van der Waals surface area (Å²) >= 11 is 0. The maximum Gasteiger partial charge on any atom is 0.342 e. The fourth-order valence-electron chi connectivity index (χ4n) is 4.22. The smallest absolute Gasteiger partial charge is 0.342 e. The first kappa shape index (κ1) is 27.0. The molecule has 0 radical (unpaired) electrons. The van der Waals surface area contributed by atoms with Crippen molar-refractivity contribution in [1.82, 2.24) is 15.0 Å². The summed E-state index contributed by atoms with van der Waals surface area (Å²) in [5.41, 5.74) is 7.10. The number of carbonyl (C=O) groups is 2. The molecule has 0 spiro atoms. The van der Waals surface area contributed by atoms with Crippen molar-refractivity contribution in [2.75, 3.05) is 18.5 Å². The predicted octanol–water partition coefficient (Wildman–Crippen LogP) is 3.62. The van der Waals surface area contributed by atoms with Gasteiger partial charge in [-0.05, 0) is 50.1 Å². The number of rotatable bonds is 11. The Kier molecular flexibility index (Phi) is 8.04. The van der Waals surface area contributed by atoms with Crippen molar-refractivity contribution in [3.05, 3.63) is 87.4 Å². The Bertz CT molecular complexity index is 1440. The highest BCUT2D eigenvalue weighted by molar-refractivity contribution is 5.98. The predicted molar refractivity (Wildman–Crippen MR) is 145 cm³/mol. The van der Waals surface area contributed by atoms with Crippen LogP contribution in [0.3, 0.4) is 0 Å². The molecule has 1 aromatic carbocycles. The molecule has 12 heteroatoms. The van der Waals surface area contributed by atoms with Crippen molar-refractivity contribution in [2.24, 2.45) is 10.7 Å². The summed E-state index contributed by atoms with van der Waals surface area (Å²) in [5, 5.41) is 14.2. The van der Waals surface area contributed by atoms with E-state index in [2.05, 4.69) is 25.3 Å². The van der Waals surface area contributed by atoms with Crippen molar-refractivity contribution < 1.29 is 19.2 Å². The topological polar surface area (TPSA) is 176 Å². The van der Waals surface area contributed by atoms with Gasteiger partial charge in [0.2, 0.25) is 11.9 Å². The summed E-state index contributed by atoms with van der Waals surface area (Å²) in [6, 6.07) is 9.47. The first-order valence-electron chi connectivity index (χ1n) is 12.3. The first-order chi connectivity index (χ1) is 18.8. The Morgan fingerprint density at radius 2 is 1.90 bits per heavy atom. The van der Waals surface area contributed by atoms with Crippen molar-refractivity contribution in [3.8, 4) is 11.3 Å². The monoisotopic (exact) mass is 529 g/mol. The zero-order valence-corrected chi connectivity index (χ0v) is 21.5. The van der Waals surface area contributed by atoms with E-state index in [1.807, 2.05) is 13.0 Å². The minimum Gasteiger partial charge on any atom is -0.462 e. The fourth-order valence-corrected chi connectivity index (χ4v) is 4.22. The highest BCUT2D eigenvalue weighted by Gasteiger charge is 2.32. The summed E-state index contributed by atoms with van der Waals surface area (Å²) in [6.07, 6.45) is 7.47. The van der Waals surface area contributed by atoms with Gasteiger partial charge < -0.3 is 15.8 Å². The molecule has 0 saturated carbocycles. The normalized spacial score (nSPS) is 15.7. The lowest BCUT2D eigenvalue weighted by molar-refractivity contribution is -0.385. The third-order valence-electron chi connectivity index (χ3n) is 6.20. The van der Waals surface area contributed by atoms with Gasteiger partial charge in [0.05, 0.1) is 28.6 Å². The summed E-state index contributed by atoms with van der Waals surface area (Å²) in [6.45, 7) is 4.16. The second kappa shape index (κ2) is 11.6. The highest BCUT2D eigenvalue weighted by Crippen LogP contribution is 2.33. The van der Waals surface area contributed by atoms with E-state index < -0.39 is 22.3 Å². The summed E-state index contributed by atoms with van der Waals surface area (Å²) in [5.74, 6) is -0.804. The molecule has 0 saturated heterocycles. The van der Waals surface area contributed by atoms with Gasteiger partial charge in [-0.1, -0.05) is 19.1 Å². The molecule has 0 aliphatic carbocycles. The van der Waals surface area contributed by atoms with Crippen molar-refractivity contribution >= 4 is 29.7 Å². The number of ether oxygens (including phenoxy) is 1. The fraction of sp³-hybridized carbons (Fsp3) is 0.259. The number of amides is 1. The van der Waals surface area contributed by atoms with Gasteiger partial charge in [0, 0.05) is 30.0 Å². The SMILES string of the molecule is CCOC(=O)c1c(CC)nc(NCCC2(c3ccc([N+](=O)[O-])cn3)C=CC=N2)nc1-c1ccc(C(N)=O)cc1. The number of benzene rings is 1. The van der Waals surface area contributed by atoms with Crippen molar-refractivity contribution in [3.63, 3.8) is 0 Å². The number of aliphatic imine (C=N–C) groups is 1. The maximum atomic E-state index is 12.9. The van der Waals surface area contributed by atoms with E-state index in [1.165, 1.54) is 12.3 Å². The second-order valence-corrected chi connectivity index (χ2v) is 8.63. The Labute approximate surface area is 224 Å². The molecule has 0 bridgehead atoms. The van der Waals surface area contributed by atoms with Gasteiger partial charge in [0.1, 0.15) is 17.3 Å². The minimum absolute atomic E-state index is 0.100. The minimum atomic E-state index is -0.798. The van der Waals surface area contributed by atoms with Gasteiger partial charge in [-0.15, -0.1) is 0 Å². The molecule has 4 rings (SSSR count). The van der Waals surface area contributed by atoms with Crippen LogP contribution in [-0.4, -0.2) is 51.1 Å². The largest absolute Gasteiger partial charge is 0.462 e. The van der Waals surface area contributed by atoms with E-state index in [4.69, 9.17) is 10.5 Å². The molecule has 1 unspecified atom stereocenters. The Morgan fingerprint density at radius 3 is 2.46 bits per heavy atom. The molecular formula is C27H27N7O5. The van der Waals surface area contributed by atoms with E-state index in [0.29, 0.717) is 53.5 Å². The lowest BCUT2D eigenvalue weighted by atomic mass is 9.92. The number of esters is 1. The Balaban J connectivity index is 1.63. The van der Waals surface area contributed by atoms with E-state index in [0.717, 1.165) is 0 Å². The third kappa shape index (κ3) is 5.79. The number of aromatic nitrogens is 3. The number of pyridine rings is 1. The van der Waals surface area contributed by atoms with Crippen LogP contribution in [0.4, 0.5) is 11.6 Å². The number of carbonyl (C=O) groups excluding carboxylic acids is 2. The number of nitrogens with two attached hydrogens (primary N) is 1. The summed E-state index contributed by atoms with van der Waals surface area (Å²) < 4.78 is 5.28. The number of anilines is 1. The number of allylic oxidation sites excluding steroid dienone is 1. The van der Waals surface area contributed by atoms with Gasteiger partial charge in [-0.25, -0.2) is 14.8 Å². The van der Waals surface area contributed by atoms with Crippen LogP contribution < -0.4 is 11.1 Å². The molecule has 39 heavy (non-hydrogen) atoms. The molecule has 3 aromatic rings. The Morgan fingerprint density at radius 1 is 1.13 bits per heavy atom. The number of hydrogen-bond donors (Lipinski definition) is 2. The molecule has 1 aliphatic rings. The molecule has 2 aromatic heterocycles. The molecule has 1 amide bonds. The van der Waals surface area contributed by atoms with Crippen LogP contribution in [0.1, 0.15) is 52.4 Å². The van der Waals surface area contributed by atoms with E-state index >= 15 is 0 Å². The molecule has 3 N–H and O–H groups in total. The van der Waals surface area contributed by atoms with Crippen LogP contribution in [0.5, 0.6) is 0 Å². The van der Waals surface area contributed by atoms with Gasteiger partial charge in [0.25, 0.3) is 5.69 Å². The zero-order valence-electron chi connectivity index (χ0n) is 21.5. The first-order valence-corrected chi connectivity index (χ1v) is 12.3. The van der Waals surface area contributed by atoms with Crippen LogP contribution in [0.25, 0.3) is 11.3 Å². The molecule has 0 fully saturated rings. The van der Waals surface area contributed by atoms with Gasteiger partial charge in [-0.2, -0.15) is 0 Å². The van der Waals surface area contributed by atoms with Gasteiger partial charge in [-0.3, -0.25) is 24.9 Å². The number of nitrogens with one attached hydrogen (secondary N) is 1. The molecule has 200 valence electrons. The lowest BCUT2D eigenvalue weighted by Crippen LogP contribution is -2.25. The summed E-state index contributed by atoms with van der Waals surface area (Å²) in [4.78, 5) is 53.0. The van der Waals surface area contributed by atoms with Crippen LogP contribution in [0.2, 0.25) is 0 Å². The number of primary amides is 1. The second-order valence-electron chi connectivity index (χ2n) is 8.63. The maximum absolute atomic E-state index is 12.9. The summed E-state index contributed by atoms with van der Waals surface area (Å²) in [7, 11) is 0.